The molecular weight excluding hydrogens is 220 g/mol. The van der Waals surface area contributed by atoms with Gasteiger partial charge in [-0.15, -0.1) is 0 Å². The first-order valence-corrected chi connectivity index (χ1v) is 6.16. The molecule has 0 fully saturated rings. The summed E-state index contributed by atoms with van der Waals surface area (Å²) in [6, 6.07) is 17.6. The minimum Gasteiger partial charge on any atom is -0.289 e. The summed E-state index contributed by atoms with van der Waals surface area (Å²) in [6.07, 6.45) is 4.43. The van der Waals surface area contributed by atoms with Gasteiger partial charge in [0.05, 0.1) is 0 Å². The lowest BCUT2D eigenvalue weighted by molar-refractivity contribution is 0.104. The van der Waals surface area contributed by atoms with Crippen molar-refractivity contribution in [3.8, 4) is 0 Å². The van der Waals surface area contributed by atoms with E-state index in [9.17, 15) is 4.79 Å². The SMILES string of the molecule is CCc1cccc(C(=O)/C=C/c2ccccc2)c1. The van der Waals surface area contributed by atoms with Crippen LogP contribution in [0.15, 0.2) is 60.7 Å². The zero-order valence-corrected chi connectivity index (χ0v) is 10.5. The van der Waals surface area contributed by atoms with E-state index in [-0.39, 0.29) is 5.78 Å². The van der Waals surface area contributed by atoms with E-state index >= 15 is 0 Å². The van der Waals surface area contributed by atoms with Crippen LogP contribution in [0.5, 0.6) is 0 Å². The summed E-state index contributed by atoms with van der Waals surface area (Å²) in [6.45, 7) is 2.09. The summed E-state index contributed by atoms with van der Waals surface area (Å²) in [5.74, 6) is 0.0501. The van der Waals surface area contributed by atoms with E-state index in [1.807, 2.05) is 60.7 Å². The van der Waals surface area contributed by atoms with E-state index in [0.717, 1.165) is 17.5 Å². The van der Waals surface area contributed by atoms with Gasteiger partial charge < -0.3 is 0 Å². The first-order chi connectivity index (χ1) is 8.79. The van der Waals surface area contributed by atoms with Gasteiger partial charge >= 0.3 is 0 Å². The third-order valence-corrected chi connectivity index (χ3v) is 2.85. The van der Waals surface area contributed by atoms with Crippen LogP contribution in [-0.2, 0) is 6.42 Å². The first-order valence-electron chi connectivity index (χ1n) is 6.16. The quantitative estimate of drug-likeness (QED) is 0.576. The van der Waals surface area contributed by atoms with Gasteiger partial charge in [0.1, 0.15) is 0 Å². The Morgan fingerprint density at radius 2 is 1.83 bits per heavy atom. The molecule has 18 heavy (non-hydrogen) atoms. The molecule has 0 unspecified atom stereocenters. The second-order valence-corrected chi connectivity index (χ2v) is 4.16. The maximum absolute atomic E-state index is 12.0. The predicted octanol–water partition coefficient (Wildman–Crippen LogP) is 4.15. The molecule has 2 aromatic carbocycles. The van der Waals surface area contributed by atoms with Crippen molar-refractivity contribution in [2.24, 2.45) is 0 Å². The molecule has 0 bridgehead atoms. The normalized spacial score (nSPS) is 10.7. The van der Waals surface area contributed by atoms with E-state index in [4.69, 9.17) is 0 Å². The molecule has 0 amide bonds. The molecular formula is C17H16O. The van der Waals surface area contributed by atoms with Crippen LogP contribution < -0.4 is 0 Å². The van der Waals surface area contributed by atoms with Crippen LogP contribution in [0.4, 0.5) is 0 Å². The molecule has 2 aromatic rings. The van der Waals surface area contributed by atoms with Crippen LogP contribution in [0, 0.1) is 0 Å². The highest BCUT2D eigenvalue weighted by atomic mass is 16.1. The van der Waals surface area contributed by atoms with Crippen molar-refractivity contribution >= 4 is 11.9 Å². The number of benzene rings is 2. The summed E-state index contributed by atoms with van der Waals surface area (Å²) >= 11 is 0. The van der Waals surface area contributed by atoms with E-state index in [0.29, 0.717) is 0 Å². The molecule has 0 aliphatic carbocycles. The van der Waals surface area contributed by atoms with Crippen molar-refractivity contribution in [1.29, 1.82) is 0 Å². The Bertz CT molecular complexity index is 553. The number of rotatable bonds is 4. The third-order valence-electron chi connectivity index (χ3n) is 2.85. The van der Waals surface area contributed by atoms with E-state index < -0.39 is 0 Å². The number of carbonyl (C=O) groups excluding carboxylic acids is 1. The third kappa shape index (κ3) is 3.17. The van der Waals surface area contributed by atoms with Crippen LogP contribution in [-0.4, -0.2) is 5.78 Å². The lowest BCUT2D eigenvalue weighted by Crippen LogP contribution is -1.95. The maximum Gasteiger partial charge on any atom is 0.185 e. The van der Waals surface area contributed by atoms with Gasteiger partial charge in [0.15, 0.2) is 5.78 Å². The molecule has 0 heterocycles. The van der Waals surface area contributed by atoms with Gasteiger partial charge in [0.25, 0.3) is 0 Å². The first kappa shape index (κ1) is 12.3. The Labute approximate surface area is 108 Å². The molecule has 0 saturated carbocycles. The number of ketones is 1. The minimum absolute atomic E-state index is 0.0501. The average Bonchev–Trinajstić information content (AvgIpc) is 2.46. The second kappa shape index (κ2) is 5.97. The zero-order valence-electron chi connectivity index (χ0n) is 10.5. The highest BCUT2D eigenvalue weighted by Gasteiger charge is 2.01. The Hall–Kier alpha value is -2.15. The van der Waals surface area contributed by atoms with Crippen LogP contribution in [0.3, 0.4) is 0 Å². The monoisotopic (exact) mass is 236 g/mol. The fourth-order valence-electron chi connectivity index (χ4n) is 1.78. The molecule has 0 N–H and O–H groups in total. The van der Waals surface area contributed by atoms with E-state index in [1.165, 1.54) is 5.56 Å². The van der Waals surface area contributed by atoms with E-state index in [1.54, 1.807) is 6.08 Å². The topological polar surface area (TPSA) is 17.1 Å². The highest BCUT2D eigenvalue weighted by molar-refractivity contribution is 6.06. The molecule has 0 saturated heterocycles. The number of aryl methyl sites for hydroxylation is 1. The molecule has 1 nitrogen and oxygen atoms in total. The summed E-state index contributed by atoms with van der Waals surface area (Å²) in [4.78, 5) is 12.0. The van der Waals surface area contributed by atoms with Crippen molar-refractivity contribution < 1.29 is 4.79 Å². The van der Waals surface area contributed by atoms with E-state index in [2.05, 4.69) is 6.92 Å². The molecule has 0 spiro atoms. The van der Waals surface area contributed by atoms with Gasteiger partial charge in [-0.05, 0) is 29.7 Å². The van der Waals surface area contributed by atoms with Crippen molar-refractivity contribution in [2.45, 2.75) is 13.3 Å². The maximum atomic E-state index is 12.0. The Kier molecular flexibility index (Phi) is 4.08. The van der Waals surface area contributed by atoms with Gasteiger partial charge in [0.2, 0.25) is 0 Å². The summed E-state index contributed by atoms with van der Waals surface area (Å²) in [5.41, 5.74) is 2.98. The summed E-state index contributed by atoms with van der Waals surface area (Å²) in [7, 11) is 0. The van der Waals surface area contributed by atoms with Gasteiger partial charge in [-0.2, -0.15) is 0 Å². The highest BCUT2D eigenvalue weighted by Crippen LogP contribution is 2.09. The van der Waals surface area contributed by atoms with Crippen LogP contribution in [0.2, 0.25) is 0 Å². The van der Waals surface area contributed by atoms with Crippen LogP contribution in [0.25, 0.3) is 6.08 Å². The van der Waals surface area contributed by atoms with Crippen molar-refractivity contribution in [3.05, 3.63) is 77.4 Å². The summed E-state index contributed by atoms with van der Waals surface area (Å²) < 4.78 is 0. The van der Waals surface area contributed by atoms with Crippen LogP contribution >= 0.6 is 0 Å². The molecule has 0 radical (unpaired) electrons. The number of hydrogen-bond acceptors (Lipinski definition) is 1. The number of carbonyl (C=O) groups is 1. The van der Waals surface area contributed by atoms with Gasteiger partial charge in [0, 0.05) is 5.56 Å². The Balaban J connectivity index is 2.14. The van der Waals surface area contributed by atoms with Gasteiger partial charge in [-0.25, -0.2) is 0 Å². The van der Waals surface area contributed by atoms with Crippen molar-refractivity contribution in [3.63, 3.8) is 0 Å². The van der Waals surface area contributed by atoms with Gasteiger partial charge in [-0.1, -0.05) is 61.5 Å². The van der Waals surface area contributed by atoms with Gasteiger partial charge in [-0.3, -0.25) is 4.79 Å². The largest absolute Gasteiger partial charge is 0.289 e. The molecule has 0 atom stereocenters. The van der Waals surface area contributed by atoms with Crippen molar-refractivity contribution in [1.82, 2.24) is 0 Å². The Morgan fingerprint density at radius 1 is 1.06 bits per heavy atom. The lowest BCUT2D eigenvalue weighted by Gasteiger charge is -1.99. The number of allylic oxidation sites excluding steroid dienone is 1. The fourth-order valence-corrected chi connectivity index (χ4v) is 1.78. The molecule has 0 aliphatic rings. The summed E-state index contributed by atoms with van der Waals surface area (Å²) in [5, 5.41) is 0. The lowest BCUT2D eigenvalue weighted by atomic mass is 10.0. The number of hydrogen-bond donors (Lipinski definition) is 0. The van der Waals surface area contributed by atoms with Crippen molar-refractivity contribution in [2.75, 3.05) is 0 Å². The molecule has 90 valence electrons. The zero-order chi connectivity index (χ0) is 12.8. The molecule has 0 aliphatic heterocycles. The average molecular weight is 236 g/mol. The Morgan fingerprint density at radius 3 is 2.56 bits per heavy atom. The molecule has 1 heteroatoms. The standard InChI is InChI=1S/C17H16O/c1-2-14-9-6-10-16(13-14)17(18)12-11-15-7-4-3-5-8-15/h3-13H,2H2,1H3/b12-11+. The molecule has 0 aromatic heterocycles. The second-order valence-electron chi connectivity index (χ2n) is 4.16. The fraction of sp³-hybridized carbons (Fsp3) is 0.118. The van der Waals surface area contributed by atoms with Crippen LogP contribution in [0.1, 0.15) is 28.4 Å². The predicted molar refractivity (Wildman–Crippen MR) is 75.6 cm³/mol. The smallest absolute Gasteiger partial charge is 0.185 e. The molecule has 2 rings (SSSR count). The minimum atomic E-state index is 0.0501.